The summed E-state index contributed by atoms with van der Waals surface area (Å²) in [7, 11) is 1.98. The maximum atomic E-state index is 5.24. The molecule has 0 fully saturated rings. The van der Waals surface area contributed by atoms with Gasteiger partial charge in [0, 0.05) is 6.54 Å². The molecular weight excluding hydrogens is 188 g/mol. The molecule has 1 rings (SSSR count). The lowest BCUT2D eigenvalue weighted by Gasteiger charge is -2.14. The molecule has 0 N–H and O–H groups in total. The summed E-state index contributed by atoms with van der Waals surface area (Å²) in [6, 6.07) is 0. The van der Waals surface area contributed by atoms with Gasteiger partial charge in [-0.1, -0.05) is 19.8 Å². The molecule has 0 radical (unpaired) electrons. The molecule has 0 atom stereocenters. The van der Waals surface area contributed by atoms with E-state index in [1.165, 1.54) is 0 Å². The third-order valence-electron chi connectivity index (χ3n) is 2.01. The predicted octanol–water partition coefficient (Wildman–Crippen LogP) is 0.999. The van der Waals surface area contributed by atoms with Crippen molar-refractivity contribution in [3.63, 3.8) is 0 Å². The van der Waals surface area contributed by atoms with Crippen LogP contribution in [0.1, 0.15) is 19.7 Å². The first-order valence-electron chi connectivity index (χ1n) is 5.12. The number of hydrogen-bond acceptors (Lipinski definition) is 3. The quantitative estimate of drug-likeness (QED) is 0.674. The molecule has 0 aliphatic carbocycles. The molecule has 1 aromatic rings. The van der Waals surface area contributed by atoms with Crippen LogP contribution in [0.15, 0.2) is 6.33 Å². The highest BCUT2D eigenvalue weighted by molar-refractivity contribution is 4.90. The van der Waals surface area contributed by atoms with Crippen LogP contribution in [0.4, 0.5) is 0 Å². The molecule has 0 spiro atoms. The van der Waals surface area contributed by atoms with E-state index in [4.69, 9.17) is 6.42 Å². The summed E-state index contributed by atoms with van der Waals surface area (Å²) in [5, 5.41) is 4.20. The van der Waals surface area contributed by atoms with E-state index < -0.39 is 0 Å². The summed E-state index contributed by atoms with van der Waals surface area (Å²) < 4.78 is 1.94. The molecule has 4 heteroatoms. The molecule has 0 amide bonds. The highest BCUT2D eigenvalue weighted by Gasteiger charge is 2.07. The largest absolute Gasteiger partial charge is 0.288 e. The summed E-state index contributed by atoms with van der Waals surface area (Å²) >= 11 is 0. The zero-order chi connectivity index (χ0) is 11.3. The van der Waals surface area contributed by atoms with Crippen LogP contribution < -0.4 is 0 Å². The Hall–Kier alpha value is -1.34. The van der Waals surface area contributed by atoms with Crippen LogP contribution in [0.3, 0.4) is 0 Å². The molecule has 0 aliphatic rings. The van der Waals surface area contributed by atoms with Crippen LogP contribution in [-0.2, 0) is 13.1 Å². The van der Waals surface area contributed by atoms with Gasteiger partial charge in [0.05, 0.1) is 13.1 Å². The van der Waals surface area contributed by atoms with E-state index in [2.05, 4.69) is 29.9 Å². The fourth-order valence-electron chi connectivity index (χ4n) is 1.36. The first-order chi connectivity index (χ1) is 7.13. The zero-order valence-corrected chi connectivity index (χ0v) is 9.64. The maximum absolute atomic E-state index is 5.24. The fraction of sp³-hybridized carbons (Fsp3) is 0.636. The number of rotatable bonds is 5. The maximum Gasteiger partial charge on any atom is 0.141 e. The molecule has 82 valence electrons. The topological polar surface area (TPSA) is 34.0 Å². The van der Waals surface area contributed by atoms with Crippen molar-refractivity contribution in [3.8, 4) is 12.3 Å². The Labute approximate surface area is 91.3 Å². The van der Waals surface area contributed by atoms with Gasteiger partial charge in [-0.05, 0) is 13.0 Å². The lowest BCUT2D eigenvalue weighted by atomic mass is 10.2. The Morgan fingerprint density at radius 2 is 2.33 bits per heavy atom. The average molecular weight is 206 g/mol. The molecule has 0 saturated carbocycles. The molecule has 0 aliphatic heterocycles. The first kappa shape index (κ1) is 11.7. The van der Waals surface area contributed by atoms with Gasteiger partial charge in [0.15, 0.2) is 0 Å². The number of terminal acetylenes is 1. The third-order valence-corrected chi connectivity index (χ3v) is 2.01. The predicted molar refractivity (Wildman–Crippen MR) is 60.0 cm³/mol. The second-order valence-electron chi connectivity index (χ2n) is 4.13. The standard InChI is InChI=1S/C11H18N4/c1-5-6-14(4)8-11-12-9-13-15(11)7-10(2)3/h1,9-10H,6-8H2,2-4H3. The lowest BCUT2D eigenvalue weighted by Crippen LogP contribution is -2.22. The molecule has 0 saturated heterocycles. The summed E-state index contributed by atoms with van der Waals surface area (Å²) in [5.41, 5.74) is 0. The Kier molecular flexibility index (Phi) is 4.32. The molecular formula is C11H18N4. The van der Waals surface area contributed by atoms with Gasteiger partial charge in [-0.3, -0.25) is 4.90 Å². The van der Waals surface area contributed by atoms with Crippen LogP contribution in [0.2, 0.25) is 0 Å². The van der Waals surface area contributed by atoms with Crippen LogP contribution >= 0.6 is 0 Å². The molecule has 0 unspecified atom stereocenters. The lowest BCUT2D eigenvalue weighted by molar-refractivity contribution is 0.340. The third kappa shape index (κ3) is 3.72. The monoisotopic (exact) mass is 206 g/mol. The van der Waals surface area contributed by atoms with Gasteiger partial charge in [-0.25, -0.2) is 9.67 Å². The van der Waals surface area contributed by atoms with Crippen LogP contribution in [-0.4, -0.2) is 33.3 Å². The highest BCUT2D eigenvalue weighted by Crippen LogP contribution is 2.03. The van der Waals surface area contributed by atoms with Gasteiger partial charge < -0.3 is 0 Å². The van der Waals surface area contributed by atoms with Crippen molar-refractivity contribution in [2.75, 3.05) is 13.6 Å². The van der Waals surface area contributed by atoms with E-state index in [1.807, 2.05) is 16.6 Å². The van der Waals surface area contributed by atoms with E-state index in [1.54, 1.807) is 6.33 Å². The number of nitrogens with zero attached hydrogens (tertiary/aromatic N) is 4. The van der Waals surface area contributed by atoms with E-state index in [0.29, 0.717) is 12.5 Å². The Morgan fingerprint density at radius 3 is 2.93 bits per heavy atom. The van der Waals surface area contributed by atoms with E-state index in [9.17, 15) is 0 Å². The van der Waals surface area contributed by atoms with Gasteiger partial charge in [-0.2, -0.15) is 5.10 Å². The van der Waals surface area contributed by atoms with Crippen molar-refractivity contribution in [2.45, 2.75) is 26.9 Å². The Morgan fingerprint density at radius 1 is 1.60 bits per heavy atom. The van der Waals surface area contributed by atoms with Crippen molar-refractivity contribution in [1.29, 1.82) is 0 Å². The van der Waals surface area contributed by atoms with Crippen LogP contribution in [0.5, 0.6) is 0 Å². The molecule has 0 aromatic carbocycles. The van der Waals surface area contributed by atoms with Gasteiger partial charge in [0.1, 0.15) is 12.2 Å². The van der Waals surface area contributed by atoms with Crippen molar-refractivity contribution >= 4 is 0 Å². The van der Waals surface area contributed by atoms with Crippen molar-refractivity contribution in [3.05, 3.63) is 12.2 Å². The minimum absolute atomic E-state index is 0.573. The molecule has 0 bridgehead atoms. The van der Waals surface area contributed by atoms with Gasteiger partial charge in [-0.15, -0.1) is 6.42 Å². The minimum atomic E-state index is 0.573. The van der Waals surface area contributed by atoms with Gasteiger partial charge in [0.2, 0.25) is 0 Å². The first-order valence-corrected chi connectivity index (χ1v) is 5.12. The van der Waals surface area contributed by atoms with Gasteiger partial charge >= 0.3 is 0 Å². The summed E-state index contributed by atoms with van der Waals surface area (Å²) in [4.78, 5) is 6.28. The van der Waals surface area contributed by atoms with E-state index in [0.717, 1.165) is 18.9 Å². The Balaban J connectivity index is 2.61. The van der Waals surface area contributed by atoms with Crippen molar-refractivity contribution < 1.29 is 0 Å². The molecule has 1 aromatic heterocycles. The van der Waals surface area contributed by atoms with Crippen LogP contribution in [0, 0.1) is 18.3 Å². The summed E-state index contributed by atoms with van der Waals surface area (Å²) in [5.74, 6) is 4.15. The second-order valence-corrected chi connectivity index (χ2v) is 4.13. The highest BCUT2D eigenvalue weighted by atomic mass is 15.3. The molecule has 4 nitrogen and oxygen atoms in total. The van der Waals surface area contributed by atoms with Gasteiger partial charge in [0.25, 0.3) is 0 Å². The smallest absolute Gasteiger partial charge is 0.141 e. The molecule has 1 heterocycles. The Bertz CT molecular complexity index is 335. The van der Waals surface area contributed by atoms with Crippen molar-refractivity contribution in [1.82, 2.24) is 19.7 Å². The van der Waals surface area contributed by atoms with Crippen molar-refractivity contribution in [2.24, 2.45) is 5.92 Å². The normalized spacial score (nSPS) is 10.9. The SMILES string of the molecule is C#CCN(C)Cc1ncnn1CC(C)C. The molecule has 15 heavy (non-hydrogen) atoms. The van der Waals surface area contributed by atoms with Crippen LogP contribution in [0.25, 0.3) is 0 Å². The number of aromatic nitrogens is 3. The second kappa shape index (κ2) is 5.52. The summed E-state index contributed by atoms with van der Waals surface area (Å²) in [6.07, 6.45) is 6.84. The fourth-order valence-corrected chi connectivity index (χ4v) is 1.36. The van der Waals surface area contributed by atoms with E-state index in [-0.39, 0.29) is 0 Å². The average Bonchev–Trinajstić information content (AvgIpc) is 2.52. The van der Waals surface area contributed by atoms with E-state index >= 15 is 0 Å². The minimum Gasteiger partial charge on any atom is -0.288 e. The zero-order valence-electron chi connectivity index (χ0n) is 9.64. The number of hydrogen-bond donors (Lipinski definition) is 0. The summed E-state index contributed by atoms with van der Waals surface area (Å²) in [6.45, 7) is 6.61.